The van der Waals surface area contributed by atoms with Gasteiger partial charge in [0.05, 0.1) is 11.3 Å². The molecule has 3 rings (SSSR count). The van der Waals surface area contributed by atoms with Crippen LogP contribution in [0.5, 0.6) is 11.5 Å². The van der Waals surface area contributed by atoms with Gasteiger partial charge >= 0.3 is 5.97 Å². The molecule has 0 radical (unpaired) electrons. The quantitative estimate of drug-likeness (QED) is 0.570. The topological polar surface area (TPSA) is 120 Å². The smallest absolute Gasteiger partial charge is 0.307 e. The van der Waals surface area contributed by atoms with E-state index in [1.54, 1.807) is 24.3 Å². The van der Waals surface area contributed by atoms with Crippen molar-refractivity contribution in [1.82, 2.24) is 4.72 Å². The van der Waals surface area contributed by atoms with Crippen LogP contribution in [0.25, 0.3) is 0 Å². The van der Waals surface area contributed by atoms with Gasteiger partial charge in [0.25, 0.3) is 5.91 Å². The van der Waals surface area contributed by atoms with Gasteiger partial charge in [-0.05, 0) is 43.3 Å². The molecular formula is C20H21ClN2O7S. The van der Waals surface area contributed by atoms with Gasteiger partial charge in [-0.2, -0.15) is 0 Å². The van der Waals surface area contributed by atoms with Crippen molar-refractivity contribution in [3.8, 4) is 11.5 Å². The standard InChI is InChI=1S/C20H21ClN2O7S/c1-13(20(25)23-15-4-2-14(21)3-5-15)30-19(24)8-9-22-31(26,27)16-6-7-17-18(12-16)29-11-10-28-17/h2-7,12-13,22H,8-11H2,1H3,(H,23,25)/t13-/m1/s1. The van der Waals surface area contributed by atoms with Crippen molar-refractivity contribution in [1.29, 1.82) is 0 Å². The summed E-state index contributed by atoms with van der Waals surface area (Å²) < 4.78 is 43.0. The lowest BCUT2D eigenvalue weighted by atomic mass is 10.3. The van der Waals surface area contributed by atoms with Crippen molar-refractivity contribution < 1.29 is 32.2 Å². The molecule has 1 atom stereocenters. The lowest BCUT2D eigenvalue weighted by molar-refractivity contribution is -0.152. The van der Waals surface area contributed by atoms with Gasteiger partial charge in [0.2, 0.25) is 10.0 Å². The van der Waals surface area contributed by atoms with Crippen LogP contribution < -0.4 is 19.5 Å². The Labute approximate surface area is 184 Å². The maximum absolute atomic E-state index is 12.4. The predicted molar refractivity (Wildman–Crippen MR) is 113 cm³/mol. The minimum Gasteiger partial charge on any atom is -0.486 e. The monoisotopic (exact) mass is 468 g/mol. The SMILES string of the molecule is C[C@@H](OC(=O)CCNS(=O)(=O)c1ccc2c(c1)OCCO2)C(=O)Nc1ccc(Cl)cc1. The lowest BCUT2D eigenvalue weighted by Gasteiger charge is -2.19. The number of rotatable bonds is 8. The molecule has 0 aliphatic carbocycles. The number of halogens is 1. The first-order valence-corrected chi connectivity index (χ1v) is 11.3. The minimum atomic E-state index is -3.86. The summed E-state index contributed by atoms with van der Waals surface area (Å²) in [6.07, 6.45) is -1.31. The molecule has 166 valence electrons. The molecule has 1 aliphatic heterocycles. The van der Waals surface area contributed by atoms with Crippen LogP contribution in [0.2, 0.25) is 5.02 Å². The number of carbonyl (C=O) groups is 2. The fraction of sp³-hybridized carbons (Fsp3) is 0.300. The van der Waals surface area contributed by atoms with E-state index in [2.05, 4.69) is 10.0 Å². The number of amides is 1. The van der Waals surface area contributed by atoms with Crippen LogP contribution in [0.3, 0.4) is 0 Å². The largest absolute Gasteiger partial charge is 0.486 e. The third-order valence-electron chi connectivity index (χ3n) is 4.23. The summed E-state index contributed by atoms with van der Waals surface area (Å²) in [7, 11) is -3.86. The predicted octanol–water partition coefficient (Wildman–Crippen LogP) is 2.35. The molecule has 2 aromatic carbocycles. The van der Waals surface area contributed by atoms with Crippen LogP contribution in [0.15, 0.2) is 47.4 Å². The summed E-state index contributed by atoms with van der Waals surface area (Å²) in [5.41, 5.74) is 0.504. The van der Waals surface area contributed by atoms with Crippen LogP contribution in [-0.4, -0.2) is 46.2 Å². The van der Waals surface area contributed by atoms with Crippen LogP contribution in [0.1, 0.15) is 13.3 Å². The first-order chi connectivity index (χ1) is 14.7. The van der Waals surface area contributed by atoms with Gasteiger partial charge in [0.1, 0.15) is 13.2 Å². The molecule has 0 unspecified atom stereocenters. The fourth-order valence-electron chi connectivity index (χ4n) is 2.65. The third-order valence-corrected chi connectivity index (χ3v) is 5.95. The Morgan fingerprint density at radius 1 is 1.10 bits per heavy atom. The number of anilines is 1. The second-order valence-corrected chi connectivity index (χ2v) is 8.78. The van der Waals surface area contributed by atoms with Gasteiger partial charge in [-0.25, -0.2) is 13.1 Å². The first-order valence-electron chi connectivity index (χ1n) is 9.40. The summed E-state index contributed by atoms with van der Waals surface area (Å²) in [6, 6.07) is 10.7. The summed E-state index contributed by atoms with van der Waals surface area (Å²) in [6.45, 7) is 1.96. The third kappa shape index (κ3) is 6.33. The lowest BCUT2D eigenvalue weighted by Crippen LogP contribution is -2.32. The Kier molecular flexibility index (Phi) is 7.37. The van der Waals surface area contributed by atoms with E-state index < -0.39 is 28.0 Å². The Morgan fingerprint density at radius 3 is 2.48 bits per heavy atom. The number of fused-ring (bicyclic) bond motifs is 1. The second-order valence-electron chi connectivity index (χ2n) is 6.58. The van der Waals surface area contributed by atoms with Crippen LogP contribution in [-0.2, 0) is 24.3 Å². The average Bonchev–Trinajstić information content (AvgIpc) is 2.74. The van der Waals surface area contributed by atoms with Crippen molar-refractivity contribution in [3.63, 3.8) is 0 Å². The maximum Gasteiger partial charge on any atom is 0.307 e. The number of carbonyl (C=O) groups excluding carboxylic acids is 2. The van der Waals surface area contributed by atoms with Crippen molar-refractivity contribution in [2.75, 3.05) is 25.1 Å². The highest BCUT2D eigenvalue weighted by Crippen LogP contribution is 2.32. The normalized spacial score (nSPS) is 13.9. The molecule has 1 heterocycles. The van der Waals surface area contributed by atoms with Crippen molar-refractivity contribution in [3.05, 3.63) is 47.5 Å². The van der Waals surface area contributed by atoms with Crippen molar-refractivity contribution >= 4 is 39.2 Å². The molecule has 0 spiro atoms. The zero-order valence-corrected chi connectivity index (χ0v) is 18.2. The zero-order valence-electron chi connectivity index (χ0n) is 16.6. The van der Waals surface area contributed by atoms with Crippen LogP contribution in [0, 0.1) is 0 Å². The molecule has 0 fully saturated rings. The number of sulfonamides is 1. The van der Waals surface area contributed by atoms with Gasteiger partial charge in [-0.1, -0.05) is 11.6 Å². The van der Waals surface area contributed by atoms with E-state index in [9.17, 15) is 18.0 Å². The molecule has 1 amide bonds. The fourth-order valence-corrected chi connectivity index (χ4v) is 3.82. The molecule has 0 bridgehead atoms. The van der Waals surface area contributed by atoms with E-state index >= 15 is 0 Å². The number of esters is 1. The highest BCUT2D eigenvalue weighted by molar-refractivity contribution is 7.89. The molecule has 11 heteroatoms. The van der Waals surface area contributed by atoms with Gasteiger partial charge in [-0.3, -0.25) is 9.59 Å². The summed E-state index contributed by atoms with van der Waals surface area (Å²) >= 11 is 5.79. The van der Waals surface area contributed by atoms with Crippen LogP contribution >= 0.6 is 11.6 Å². The van der Waals surface area contributed by atoms with Crippen LogP contribution in [0.4, 0.5) is 5.69 Å². The maximum atomic E-state index is 12.4. The van der Waals surface area contributed by atoms with E-state index in [0.29, 0.717) is 35.4 Å². The summed E-state index contributed by atoms with van der Waals surface area (Å²) in [5, 5.41) is 3.12. The highest BCUT2D eigenvalue weighted by atomic mass is 35.5. The van der Waals surface area contributed by atoms with E-state index in [0.717, 1.165) is 0 Å². The van der Waals surface area contributed by atoms with E-state index in [4.69, 9.17) is 25.8 Å². The molecule has 2 aromatic rings. The molecule has 31 heavy (non-hydrogen) atoms. The molecule has 2 N–H and O–H groups in total. The first kappa shape index (κ1) is 22.9. The van der Waals surface area contributed by atoms with E-state index in [1.165, 1.54) is 25.1 Å². The number of ether oxygens (including phenoxy) is 3. The Bertz CT molecular complexity index is 1060. The number of nitrogens with one attached hydrogen (secondary N) is 2. The molecule has 0 aromatic heterocycles. The molecular weight excluding hydrogens is 448 g/mol. The van der Waals surface area contributed by atoms with Gasteiger partial charge in [-0.15, -0.1) is 0 Å². The highest BCUT2D eigenvalue weighted by Gasteiger charge is 2.21. The average molecular weight is 469 g/mol. The molecule has 0 saturated carbocycles. The van der Waals surface area contributed by atoms with Gasteiger partial charge in [0.15, 0.2) is 17.6 Å². The number of benzene rings is 2. The number of hydrogen-bond acceptors (Lipinski definition) is 7. The zero-order chi connectivity index (χ0) is 22.4. The van der Waals surface area contributed by atoms with E-state index in [-0.39, 0.29) is 17.9 Å². The second kappa shape index (κ2) is 9.99. The van der Waals surface area contributed by atoms with Crippen molar-refractivity contribution in [2.45, 2.75) is 24.3 Å². The van der Waals surface area contributed by atoms with E-state index in [1.807, 2.05) is 0 Å². The Balaban J connectivity index is 1.46. The van der Waals surface area contributed by atoms with Gasteiger partial charge in [0, 0.05) is 23.3 Å². The summed E-state index contributed by atoms with van der Waals surface area (Å²) in [4.78, 5) is 24.1. The molecule has 9 nitrogen and oxygen atoms in total. The minimum absolute atomic E-state index is 0.0131. The Morgan fingerprint density at radius 2 is 1.77 bits per heavy atom. The summed E-state index contributed by atoms with van der Waals surface area (Å²) in [5.74, 6) is -0.426. The van der Waals surface area contributed by atoms with Crippen molar-refractivity contribution in [2.24, 2.45) is 0 Å². The number of hydrogen-bond donors (Lipinski definition) is 2. The molecule has 1 aliphatic rings. The molecule has 0 saturated heterocycles. The Hall–Kier alpha value is -2.82. The van der Waals surface area contributed by atoms with Gasteiger partial charge < -0.3 is 19.5 Å².